The lowest BCUT2D eigenvalue weighted by Crippen LogP contribution is -2.41. The highest BCUT2D eigenvalue weighted by atomic mass is 32.2. The lowest BCUT2D eigenvalue weighted by Gasteiger charge is -2.22. The first kappa shape index (κ1) is 19.8. The van der Waals surface area contributed by atoms with E-state index in [9.17, 15) is 13.2 Å². The number of hydrogen-bond acceptors (Lipinski definition) is 6. The van der Waals surface area contributed by atoms with Gasteiger partial charge in [0.1, 0.15) is 18.9 Å². The zero-order chi connectivity index (χ0) is 20.1. The Labute approximate surface area is 164 Å². The highest BCUT2D eigenvalue weighted by molar-refractivity contribution is 7.92. The number of nitrogens with one attached hydrogen (secondary N) is 1. The van der Waals surface area contributed by atoms with E-state index < -0.39 is 15.9 Å². The normalized spacial score (nSPS) is 12.5. The molecule has 9 heteroatoms. The van der Waals surface area contributed by atoms with Crippen LogP contribution in [0.2, 0.25) is 0 Å². The van der Waals surface area contributed by atoms with Gasteiger partial charge < -0.3 is 19.5 Å². The average Bonchev–Trinajstić information content (AvgIpc) is 3.10. The van der Waals surface area contributed by atoms with Crippen molar-refractivity contribution in [3.05, 3.63) is 48.0 Å². The molecule has 150 valence electrons. The number of amides is 1. The van der Waals surface area contributed by atoms with Gasteiger partial charge in [-0.15, -0.1) is 0 Å². The Morgan fingerprint density at radius 2 is 1.96 bits per heavy atom. The topological polar surface area (TPSA) is 94.2 Å². The summed E-state index contributed by atoms with van der Waals surface area (Å²) in [6.07, 6.45) is 1.05. The second-order valence-corrected chi connectivity index (χ2v) is 8.23. The number of carbonyl (C=O) groups excluding carboxylic acids is 1. The third-order valence-corrected chi connectivity index (χ3v) is 5.15. The van der Waals surface area contributed by atoms with E-state index in [1.165, 1.54) is 6.07 Å². The summed E-state index contributed by atoms with van der Waals surface area (Å²) in [5.41, 5.74) is 1.41. The van der Waals surface area contributed by atoms with Crippen molar-refractivity contribution in [1.82, 2.24) is 5.32 Å². The van der Waals surface area contributed by atoms with Crippen molar-refractivity contribution in [2.45, 2.75) is 6.92 Å². The van der Waals surface area contributed by atoms with Gasteiger partial charge in [-0.05, 0) is 36.8 Å². The number of hydrogen-bond donors (Lipinski definition) is 1. The number of benzene rings is 2. The SMILES string of the molecule is Cc1cccc(OCCNC(=O)CN(c2ccc3c(c2)OCO3)S(C)(=O)=O)c1. The van der Waals surface area contributed by atoms with Gasteiger partial charge in [0, 0.05) is 6.07 Å². The molecule has 0 unspecified atom stereocenters. The highest BCUT2D eigenvalue weighted by Gasteiger charge is 2.23. The summed E-state index contributed by atoms with van der Waals surface area (Å²) in [6, 6.07) is 12.3. The predicted molar refractivity (Wildman–Crippen MR) is 104 cm³/mol. The quantitative estimate of drug-likeness (QED) is 0.671. The number of nitrogens with zero attached hydrogens (tertiary/aromatic N) is 1. The number of aryl methyl sites for hydroxylation is 1. The number of fused-ring (bicyclic) bond motifs is 1. The number of rotatable bonds is 8. The van der Waals surface area contributed by atoms with Crippen LogP contribution in [0.3, 0.4) is 0 Å². The van der Waals surface area contributed by atoms with Crippen molar-refractivity contribution in [3.8, 4) is 17.2 Å². The summed E-state index contributed by atoms with van der Waals surface area (Å²) in [6.45, 7) is 2.23. The molecular formula is C19H22N2O6S. The third kappa shape index (κ3) is 5.07. The molecule has 0 bridgehead atoms. The van der Waals surface area contributed by atoms with Crippen LogP contribution in [0.5, 0.6) is 17.2 Å². The fourth-order valence-corrected chi connectivity index (χ4v) is 3.54. The van der Waals surface area contributed by atoms with Gasteiger partial charge in [-0.2, -0.15) is 0 Å². The molecule has 0 radical (unpaired) electrons. The first-order valence-electron chi connectivity index (χ1n) is 8.66. The molecule has 1 amide bonds. The van der Waals surface area contributed by atoms with Crippen LogP contribution >= 0.6 is 0 Å². The maximum atomic E-state index is 12.2. The highest BCUT2D eigenvalue weighted by Crippen LogP contribution is 2.36. The van der Waals surface area contributed by atoms with E-state index >= 15 is 0 Å². The largest absolute Gasteiger partial charge is 0.492 e. The minimum absolute atomic E-state index is 0.0824. The van der Waals surface area contributed by atoms with Gasteiger partial charge in [0.25, 0.3) is 0 Å². The molecule has 28 heavy (non-hydrogen) atoms. The summed E-state index contributed by atoms with van der Waals surface area (Å²) in [5, 5.41) is 2.67. The molecule has 3 rings (SSSR count). The van der Waals surface area contributed by atoms with E-state index in [0.717, 1.165) is 16.1 Å². The molecule has 2 aromatic carbocycles. The molecular weight excluding hydrogens is 384 g/mol. The Hall–Kier alpha value is -2.94. The van der Waals surface area contributed by atoms with Gasteiger partial charge in [-0.25, -0.2) is 8.42 Å². The number of sulfonamides is 1. The first-order valence-corrected chi connectivity index (χ1v) is 10.5. The molecule has 2 aromatic rings. The van der Waals surface area contributed by atoms with E-state index in [0.29, 0.717) is 22.9 Å². The molecule has 0 fully saturated rings. The van der Waals surface area contributed by atoms with E-state index in [1.807, 2.05) is 31.2 Å². The Balaban J connectivity index is 1.56. The summed E-state index contributed by atoms with van der Waals surface area (Å²) in [4.78, 5) is 12.2. The van der Waals surface area contributed by atoms with Crippen molar-refractivity contribution in [2.24, 2.45) is 0 Å². The number of carbonyl (C=O) groups is 1. The van der Waals surface area contributed by atoms with Crippen LogP contribution in [0.25, 0.3) is 0 Å². The monoisotopic (exact) mass is 406 g/mol. The molecule has 0 saturated carbocycles. The predicted octanol–water partition coefficient (Wildman–Crippen LogP) is 1.68. The van der Waals surface area contributed by atoms with Gasteiger partial charge >= 0.3 is 0 Å². The lowest BCUT2D eigenvalue weighted by molar-refractivity contribution is -0.119. The van der Waals surface area contributed by atoms with Gasteiger partial charge in [0.05, 0.1) is 18.5 Å². The van der Waals surface area contributed by atoms with Crippen LogP contribution < -0.4 is 23.8 Å². The fraction of sp³-hybridized carbons (Fsp3) is 0.316. The lowest BCUT2D eigenvalue weighted by atomic mass is 10.2. The molecule has 0 aliphatic carbocycles. The molecule has 0 aromatic heterocycles. The second-order valence-electron chi connectivity index (χ2n) is 6.32. The van der Waals surface area contributed by atoms with E-state index in [4.69, 9.17) is 14.2 Å². The van der Waals surface area contributed by atoms with E-state index in [1.54, 1.807) is 12.1 Å². The van der Waals surface area contributed by atoms with E-state index in [2.05, 4.69) is 5.32 Å². The van der Waals surface area contributed by atoms with Crippen molar-refractivity contribution in [2.75, 3.05) is 37.1 Å². The summed E-state index contributed by atoms with van der Waals surface area (Å²) in [7, 11) is -3.66. The Bertz CT molecular complexity index is 961. The third-order valence-electron chi connectivity index (χ3n) is 4.01. The number of ether oxygens (including phenoxy) is 3. The zero-order valence-electron chi connectivity index (χ0n) is 15.7. The van der Waals surface area contributed by atoms with Crippen LogP contribution in [-0.4, -0.2) is 47.1 Å². The van der Waals surface area contributed by atoms with Crippen molar-refractivity contribution in [3.63, 3.8) is 0 Å². The molecule has 0 atom stereocenters. The van der Waals surface area contributed by atoms with Gasteiger partial charge in [-0.1, -0.05) is 12.1 Å². The molecule has 1 N–H and O–H groups in total. The maximum absolute atomic E-state index is 12.2. The maximum Gasteiger partial charge on any atom is 0.240 e. The van der Waals surface area contributed by atoms with Gasteiger partial charge in [0.2, 0.25) is 22.7 Å². The Kier molecular flexibility index (Phi) is 5.93. The van der Waals surface area contributed by atoms with Crippen LogP contribution in [0.4, 0.5) is 5.69 Å². The molecule has 1 aliphatic rings. The molecule has 0 saturated heterocycles. The van der Waals surface area contributed by atoms with Crippen molar-refractivity contribution < 1.29 is 27.4 Å². The van der Waals surface area contributed by atoms with Gasteiger partial charge in [0.15, 0.2) is 11.5 Å². The minimum Gasteiger partial charge on any atom is -0.492 e. The average molecular weight is 406 g/mol. The molecule has 1 aliphatic heterocycles. The van der Waals surface area contributed by atoms with E-state index in [-0.39, 0.29) is 26.5 Å². The minimum atomic E-state index is -3.66. The van der Waals surface area contributed by atoms with Crippen molar-refractivity contribution in [1.29, 1.82) is 0 Å². The standard InChI is InChI=1S/C19H22N2O6S/c1-14-4-3-5-16(10-14)25-9-8-20-19(22)12-21(28(2,23)24)15-6-7-17-18(11-15)27-13-26-17/h3-7,10-11H,8-9,12-13H2,1-2H3,(H,20,22). The van der Waals surface area contributed by atoms with Crippen LogP contribution in [-0.2, 0) is 14.8 Å². The second kappa shape index (κ2) is 8.39. The van der Waals surface area contributed by atoms with Crippen molar-refractivity contribution >= 4 is 21.6 Å². The van der Waals surface area contributed by atoms with Crippen LogP contribution in [0.1, 0.15) is 5.56 Å². The van der Waals surface area contributed by atoms with Gasteiger partial charge in [-0.3, -0.25) is 9.10 Å². The van der Waals surface area contributed by atoms with Crippen LogP contribution in [0.15, 0.2) is 42.5 Å². The van der Waals surface area contributed by atoms with Crippen LogP contribution in [0, 0.1) is 6.92 Å². The Morgan fingerprint density at radius 3 is 2.71 bits per heavy atom. The Morgan fingerprint density at radius 1 is 1.18 bits per heavy atom. The number of anilines is 1. The zero-order valence-corrected chi connectivity index (χ0v) is 16.5. The summed E-state index contributed by atoms with van der Waals surface area (Å²) >= 11 is 0. The molecule has 8 nitrogen and oxygen atoms in total. The fourth-order valence-electron chi connectivity index (χ4n) is 2.69. The first-order chi connectivity index (χ1) is 13.3. The smallest absolute Gasteiger partial charge is 0.240 e. The molecule has 0 spiro atoms. The summed E-state index contributed by atoms with van der Waals surface area (Å²) < 4.78 is 41.4. The summed E-state index contributed by atoms with van der Waals surface area (Å²) in [5.74, 6) is 1.26. The molecule has 1 heterocycles.